The number of morpholine rings is 1. The SMILES string of the molecule is CSC(C)(C)c1nc(-n2cc(C#N)c3ccccc32)nc2c1OC[C@@H]1COC[C@@H](C)N21. The van der Waals surface area contributed by atoms with Gasteiger partial charge in [0.15, 0.2) is 11.6 Å². The Kier molecular flexibility index (Phi) is 4.83. The molecule has 31 heavy (non-hydrogen) atoms. The molecule has 4 heterocycles. The van der Waals surface area contributed by atoms with Gasteiger partial charge in [-0.1, -0.05) is 18.2 Å². The molecule has 8 heteroatoms. The predicted octanol–water partition coefficient (Wildman–Crippen LogP) is 3.88. The van der Waals surface area contributed by atoms with E-state index in [4.69, 9.17) is 19.4 Å². The average Bonchev–Trinajstić information content (AvgIpc) is 3.17. The maximum Gasteiger partial charge on any atom is 0.236 e. The molecule has 160 valence electrons. The summed E-state index contributed by atoms with van der Waals surface area (Å²) in [6.45, 7) is 8.29. The van der Waals surface area contributed by atoms with E-state index in [1.807, 2.05) is 35.0 Å². The van der Waals surface area contributed by atoms with Crippen molar-refractivity contribution >= 4 is 28.5 Å². The number of hydrogen-bond acceptors (Lipinski definition) is 7. The fourth-order valence-corrected chi connectivity index (χ4v) is 4.70. The van der Waals surface area contributed by atoms with Gasteiger partial charge < -0.3 is 14.4 Å². The predicted molar refractivity (Wildman–Crippen MR) is 122 cm³/mol. The summed E-state index contributed by atoms with van der Waals surface area (Å²) in [6.07, 6.45) is 3.90. The summed E-state index contributed by atoms with van der Waals surface area (Å²) in [4.78, 5) is 12.3. The number of ether oxygens (including phenoxy) is 2. The number of thioether (sulfide) groups is 1. The van der Waals surface area contributed by atoms with E-state index in [0.717, 1.165) is 28.2 Å². The molecule has 5 rings (SSSR count). The number of aromatic nitrogens is 3. The van der Waals surface area contributed by atoms with Crippen molar-refractivity contribution in [1.29, 1.82) is 5.26 Å². The van der Waals surface area contributed by atoms with Crippen molar-refractivity contribution in [3.8, 4) is 17.8 Å². The van der Waals surface area contributed by atoms with Gasteiger partial charge in [-0.15, -0.1) is 0 Å². The Hall–Kier alpha value is -2.76. The molecule has 2 aliphatic rings. The molecule has 1 aromatic carbocycles. The summed E-state index contributed by atoms with van der Waals surface area (Å²) < 4.78 is 13.7. The van der Waals surface area contributed by atoms with Crippen molar-refractivity contribution in [3.63, 3.8) is 0 Å². The van der Waals surface area contributed by atoms with Crippen LogP contribution in [0, 0.1) is 11.3 Å². The summed E-state index contributed by atoms with van der Waals surface area (Å²) in [5.74, 6) is 2.12. The minimum absolute atomic E-state index is 0.125. The maximum atomic E-state index is 9.65. The van der Waals surface area contributed by atoms with Crippen molar-refractivity contribution in [1.82, 2.24) is 14.5 Å². The lowest BCUT2D eigenvalue weighted by Gasteiger charge is -2.45. The van der Waals surface area contributed by atoms with Gasteiger partial charge in [0.05, 0.1) is 41.1 Å². The third-order valence-corrected chi connectivity index (χ3v) is 7.38. The minimum Gasteiger partial charge on any atom is -0.486 e. The molecule has 3 aromatic rings. The van der Waals surface area contributed by atoms with Crippen LogP contribution in [0.25, 0.3) is 16.9 Å². The monoisotopic (exact) mass is 435 g/mol. The molecule has 0 bridgehead atoms. The molecule has 2 atom stereocenters. The molecule has 2 aromatic heterocycles. The van der Waals surface area contributed by atoms with Gasteiger partial charge in [-0.2, -0.15) is 22.0 Å². The van der Waals surface area contributed by atoms with Gasteiger partial charge in [0, 0.05) is 11.6 Å². The first-order chi connectivity index (χ1) is 14.9. The van der Waals surface area contributed by atoms with Crippen LogP contribution in [-0.4, -0.2) is 52.7 Å². The quantitative estimate of drug-likeness (QED) is 0.618. The smallest absolute Gasteiger partial charge is 0.236 e. The van der Waals surface area contributed by atoms with Crippen molar-refractivity contribution in [2.24, 2.45) is 0 Å². The number of hydrogen-bond donors (Lipinski definition) is 0. The van der Waals surface area contributed by atoms with Gasteiger partial charge in [0.2, 0.25) is 5.95 Å². The van der Waals surface area contributed by atoms with Crippen LogP contribution in [0.5, 0.6) is 5.75 Å². The standard InChI is InChI=1S/C23H25N5O2S/c1-14-11-29-12-16-13-30-19-20(23(2,3)31-4)25-22(26-21(19)28(14)16)27-10-15(9-24)17-7-5-6-8-18(17)27/h5-8,10,14,16H,11-13H2,1-4H3/t14-,16+/m1/s1. The molecule has 0 N–H and O–H groups in total. The van der Waals surface area contributed by atoms with Crippen molar-refractivity contribution < 1.29 is 9.47 Å². The first-order valence-electron chi connectivity index (χ1n) is 10.4. The molecular formula is C23H25N5O2S. The molecule has 0 unspecified atom stereocenters. The summed E-state index contributed by atoms with van der Waals surface area (Å²) in [6, 6.07) is 10.5. The van der Waals surface area contributed by atoms with Gasteiger partial charge in [-0.05, 0) is 33.1 Å². The third kappa shape index (κ3) is 3.15. The summed E-state index contributed by atoms with van der Waals surface area (Å²) >= 11 is 1.73. The van der Waals surface area contributed by atoms with Crippen molar-refractivity contribution in [2.75, 3.05) is 31.0 Å². The van der Waals surface area contributed by atoms with Gasteiger partial charge in [-0.25, -0.2) is 4.98 Å². The van der Waals surface area contributed by atoms with Crippen LogP contribution in [0.4, 0.5) is 5.82 Å². The summed E-state index contributed by atoms with van der Waals surface area (Å²) in [5.41, 5.74) is 2.39. The van der Waals surface area contributed by atoms with E-state index >= 15 is 0 Å². The molecule has 0 saturated carbocycles. The zero-order chi connectivity index (χ0) is 21.8. The number of fused-ring (bicyclic) bond motifs is 4. The van der Waals surface area contributed by atoms with Crippen LogP contribution < -0.4 is 9.64 Å². The van der Waals surface area contributed by atoms with E-state index in [2.05, 4.69) is 38.0 Å². The van der Waals surface area contributed by atoms with E-state index in [0.29, 0.717) is 31.3 Å². The highest BCUT2D eigenvalue weighted by Gasteiger charge is 2.40. The summed E-state index contributed by atoms with van der Waals surface area (Å²) in [7, 11) is 0. The zero-order valence-electron chi connectivity index (χ0n) is 18.1. The van der Waals surface area contributed by atoms with Crippen LogP contribution in [0.2, 0.25) is 0 Å². The molecule has 0 spiro atoms. The van der Waals surface area contributed by atoms with Gasteiger partial charge in [-0.3, -0.25) is 4.57 Å². The molecular weight excluding hydrogens is 410 g/mol. The highest BCUT2D eigenvalue weighted by atomic mass is 32.2. The van der Waals surface area contributed by atoms with Crippen LogP contribution in [-0.2, 0) is 9.48 Å². The highest BCUT2D eigenvalue weighted by Crippen LogP contribution is 2.45. The third-order valence-electron chi connectivity index (χ3n) is 6.17. The normalized spacial score (nSPS) is 20.7. The molecule has 0 radical (unpaired) electrons. The first kappa shape index (κ1) is 20.2. The maximum absolute atomic E-state index is 9.65. The Morgan fingerprint density at radius 1 is 1.19 bits per heavy atom. The Morgan fingerprint density at radius 3 is 2.77 bits per heavy atom. The van der Waals surface area contributed by atoms with Crippen LogP contribution in [0.1, 0.15) is 32.0 Å². The average molecular weight is 436 g/mol. The second kappa shape index (κ2) is 7.43. The Labute approximate surface area is 186 Å². The highest BCUT2D eigenvalue weighted by molar-refractivity contribution is 7.99. The zero-order valence-corrected chi connectivity index (χ0v) is 18.9. The van der Waals surface area contributed by atoms with Crippen LogP contribution in [0.15, 0.2) is 30.5 Å². The van der Waals surface area contributed by atoms with E-state index < -0.39 is 0 Å². The van der Waals surface area contributed by atoms with E-state index in [9.17, 15) is 5.26 Å². The largest absolute Gasteiger partial charge is 0.486 e. The van der Waals surface area contributed by atoms with E-state index in [-0.39, 0.29) is 16.8 Å². The van der Waals surface area contributed by atoms with Crippen molar-refractivity contribution in [2.45, 2.75) is 37.6 Å². The van der Waals surface area contributed by atoms with Crippen LogP contribution >= 0.6 is 11.8 Å². The number of anilines is 1. The number of benzene rings is 1. The lowest BCUT2D eigenvalue weighted by Crippen LogP contribution is -2.56. The lowest BCUT2D eigenvalue weighted by molar-refractivity contribution is 0.0482. The van der Waals surface area contributed by atoms with Crippen LogP contribution in [0.3, 0.4) is 0 Å². The number of nitrogens with zero attached hydrogens (tertiary/aromatic N) is 5. The molecule has 2 aliphatic heterocycles. The topological polar surface area (TPSA) is 76.2 Å². The lowest BCUT2D eigenvalue weighted by atomic mass is 10.0. The fraction of sp³-hybridized carbons (Fsp3) is 0.435. The van der Waals surface area contributed by atoms with E-state index in [1.165, 1.54) is 0 Å². The van der Waals surface area contributed by atoms with Gasteiger partial charge in [0.1, 0.15) is 18.4 Å². The molecule has 7 nitrogen and oxygen atoms in total. The summed E-state index contributed by atoms with van der Waals surface area (Å²) in [5, 5.41) is 10.5. The Bertz CT molecular complexity index is 1200. The number of rotatable bonds is 3. The number of nitriles is 1. The second-order valence-corrected chi connectivity index (χ2v) is 9.97. The Balaban J connectivity index is 1.78. The van der Waals surface area contributed by atoms with E-state index in [1.54, 1.807) is 11.8 Å². The number of para-hydroxylation sites is 1. The van der Waals surface area contributed by atoms with Crippen molar-refractivity contribution in [3.05, 3.63) is 41.7 Å². The molecule has 1 fully saturated rings. The minimum atomic E-state index is -0.273. The second-order valence-electron chi connectivity index (χ2n) is 8.54. The molecule has 1 saturated heterocycles. The van der Waals surface area contributed by atoms with Gasteiger partial charge in [0.25, 0.3) is 0 Å². The van der Waals surface area contributed by atoms with Gasteiger partial charge >= 0.3 is 0 Å². The Morgan fingerprint density at radius 2 is 2.00 bits per heavy atom. The molecule has 0 aliphatic carbocycles. The molecule has 0 amide bonds. The fourth-order valence-electron chi connectivity index (χ4n) is 4.37. The first-order valence-corrected chi connectivity index (χ1v) is 11.6.